The predicted molar refractivity (Wildman–Crippen MR) is 186 cm³/mol. The van der Waals surface area contributed by atoms with E-state index in [1.165, 1.54) is 32.0 Å². The van der Waals surface area contributed by atoms with E-state index in [2.05, 4.69) is 83.5 Å². The molecule has 0 aliphatic carbocycles. The van der Waals surface area contributed by atoms with Crippen LogP contribution in [0.15, 0.2) is 137 Å². The van der Waals surface area contributed by atoms with Crippen LogP contribution in [0.3, 0.4) is 0 Å². The van der Waals surface area contributed by atoms with Crippen molar-refractivity contribution in [2.75, 3.05) is 11.4 Å². The summed E-state index contributed by atoms with van der Waals surface area (Å²) < 4.78 is 1.70. The molecule has 0 saturated heterocycles. The monoisotopic (exact) mass is 613 g/mol. The van der Waals surface area contributed by atoms with Crippen molar-refractivity contribution in [1.29, 1.82) is 0 Å². The van der Waals surface area contributed by atoms with E-state index in [9.17, 15) is 4.79 Å². The number of hydrogen-bond acceptors (Lipinski definition) is 6. The molecule has 2 aliphatic heterocycles. The van der Waals surface area contributed by atoms with Crippen molar-refractivity contribution in [2.24, 2.45) is 0 Å². The molecule has 6 nitrogen and oxygen atoms in total. The third-order valence-electron chi connectivity index (χ3n) is 9.03. The Bertz CT molecular complexity index is 2540. The molecule has 0 amide bonds. The Balaban J connectivity index is 1.28. The fraction of sp³-hybridized carbons (Fsp3) is 0.0769. The van der Waals surface area contributed by atoms with Gasteiger partial charge < -0.3 is 4.90 Å². The van der Waals surface area contributed by atoms with Crippen LogP contribution in [0.1, 0.15) is 18.1 Å². The Labute approximate surface area is 269 Å². The molecule has 220 valence electrons. The molecule has 7 heteroatoms. The van der Waals surface area contributed by atoms with Gasteiger partial charge in [-0.1, -0.05) is 78.9 Å². The van der Waals surface area contributed by atoms with E-state index in [0.29, 0.717) is 28.6 Å². The summed E-state index contributed by atoms with van der Waals surface area (Å²) in [5.74, 6) is 0.500. The summed E-state index contributed by atoms with van der Waals surface area (Å²) in [6.07, 6.45) is 5.26. The number of anilines is 2. The zero-order chi connectivity index (χ0) is 30.8. The third-order valence-corrected chi connectivity index (χ3v) is 10.2. The summed E-state index contributed by atoms with van der Waals surface area (Å²) in [4.78, 5) is 31.8. The second-order valence-corrected chi connectivity index (χ2v) is 13.0. The zero-order valence-electron chi connectivity index (χ0n) is 25.0. The molecule has 0 radical (unpaired) electrons. The Morgan fingerprint density at radius 1 is 0.761 bits per heavy atom. The molecule has 7 aromatic rings. The van der Waals surface area contributed by atoms with Gasteiger partial charge in [0.2, 0.25) is 5.95 Å². The van der Waals surface area contributed by atoms with Gasteiger partial charge in [0.1, 0.15) is 5.52 Å². The fourth-order valence-electron chi connectivity index (χ4n) is 7.01. The predicted octanol–water partition coefficient (Wildman–Crippen LogP) is 6.37. The molecule has 1 unspecified atom stereocenters. The largest absolute Gasteiger partial charge is 0.305 e. The topological polar surface area (TPSA) is 63.9 Å². The van der Waals surface area contributed by atoms with Crippen LogP contribution in [0.25, 0.3) is 38.6 Å². The number of fused-ring (bicyclic) bond motifs is 5. The van der Waals surface area contributed by atoms with Crippen LogP contribution in [-0.4, -0.2) is 31.3 Å². The molecule has 0 saturated carbocycles. The van der Waals surface area contributed by atoms with E-state index in [1.807, 2.05) is 54.2 Å². The molecule has 0 bridgehead atoms. The van der Waals surface area contributed by atoms with Crippen LogP contribution in [0, 0.1) is 0 Å². The maximum atomic E-state index is 14.2. The van der Waals surface area contributed by atoms with Gasteiger partial charge in [-0.3, -0.25) is 14.3 Å². The molecule has 4 aromatic carbocycles. The van der Waals surface area contributed by atoms with Crippen LogP contribution in [-0.2, 0) is 0 Å². The quantitative estimate of drug-likeness (QED) is 0.211. The average molecular weight is 614 g/mol. The minimum absolute atomic E-state index is 0.199. The van der Waals surface area contributed by atoms with Gasteiger partial charge in [0.25, 0.3) is 5.56 Å². The molecule has 0 N–H and O–H groups in total. The molecule has 5 heterocycles. The molecule has 46 heavy (non-hydrogen) atoms. The van der Waals surface area contributed by atoms with E-state index < -0.39 is 0 Å². The highest BCUT2D eigenvalue weighted by Gasteiger charge is 2.29. The standard InChI is InChI=1S/C39H27N5OS/c1-24-36(30-16-8-10-18-35(30)46-24)29-15-6-5-13-26(29)32-23-43(33-17-9-7-14-27(32)33)39-41-21-31-28-19-20-40-22-34(28)44(38(45)37(31)42-39)25-11-3-2-4-12-25/h2-22,24H,23H2,1H3/b32-26+,36-29+. The number of nitrogens with zero attached hydrogens (tertiary/aromatic N) is 5. The number of thioether (sulfide) groups is 1. The molecular weight excluding hydrogens is 587 g/mol. The highest BCUT2D eigenvalue weighted by atomic mass is 32.2. The molecule has 2 aliphatic rings. The fourth-order valence-corrected chi connectivity index (χ4v) is 8.23. The summed E-state index contributed by atoms with van der Waals surface area (Å²) in [5, 5.41) is 4.39. The van der Waals surface area contributed by atoms with E-state index in [-0.39, 0.29) is 5.56 Å². The number of para-hydroxylation sites is 2. The van der Waals surface area contributed by atoms with Crippen molar-refractivity contribution in [3.63, 3.8) is 0 Å². The molecule has 9 rings (SSSR count). The zero-order valence-corrected chi connectivity index (χ0v) is 25.8. The third kappa shape index (κ3) is 4.05. The van der Waals surface area contributed by atoms with E-state index >= 15 is 0 Å². The molecule has 0 spiro atoms. The van der Waals surface area contributed by atoms with Crippen LogP contribution in [0.5, 0.6) is 0 Å². The maximum Gasteiger partial charge on any atom is 0.282 e. The second kappa shape index (κ2) is 10.5. The first-order valence-corrected chi connectivity index (χ1v) is 16.2. The normalized spacial score (nSPS) is 17.8. The van der Waals surface area contributed by atoms with Crippen molar-refractivity contribution in [3.05, 3.63) is 160 Å². The van der Waals surface area contributed by atoms with Gasteiger partial charge in [-0.05, 0) is 64.4 Å². The van der Waals surface area contributed by atoms with E-state index in [1.54, 1.807) is 23.2 Å². The van der Waals surface area contributed by atoms with Crippen LogP contribution in [0.4, 0.5) is 11.6 Å². The first kappa shape index (κ1) is 26.8. The van der Waals surface area contributed by atoms with Crippen molar-refractivity contribution < 1.29 is 0 Å². The maximum absolute atomic E-state index is 14.2. The first-order valence-electron chi connectivity index (χ1n) is 15.3. The first-order chi connectivity index (χ1) is 22.7. The lowest BCUT2D eigenvalue weighted by molar-refractivity contribution is 1.01. The SMILES string of the molecule is CC1Sc2ccccc2/C1=c1\cccc\c1=C1\CN(c2ncc3c(n2)c(=O)n(-c2ccccc2)c2cnccc32)c2ccccc21. The number of hydrogen-bond donors (Lipinski definition) is 0. The Kier molecular flexibility index (Phi) is 6.14. The van der Waals surface area contributed by atoms with Gasteiger partial charge in [-0.25, -0.2) is 9.97 Å². The van der Waals surface area contributed by atoms with Crippen molar-refractivity contribution in [2.45, 2.75) is 17.1 Å². The summed E-state index contributed by atoms with van der Waals surface area (Å²) in [7, 11) is 0. The summed E-state index contributed by atoms with van der Waals surface area (Å²) in [6, 6.07) is 37.4. The highest BCUT2D eigenvalue weighted by Crippen LogP contribution is 2.43. The summed E-state index contributed by atoms with van der Waals surface area (Å²) in [6.45, 7) is 2.88. The van der Waals surface area contributed by atoms with Gasteiger partial charge in [0.15, 0.2) is 0 Å². The Morgan fingerprint density at radius 3 is 2.37 bits per heavy atom. The minimum atomic E-state index is -0.199. The minimum Gasteiger partial charge on any atom is -0.305 e. The van der Waals surface area contributed by atoms with Crippen molar-refractivity contribution >= 4 is 56.3 Å². The number of benzene rings is 4. The lowest BCUT2D eigenvalue weighted by Gasteiger charge is -2.18. The number of pyridine rings is 2. The Hall–Kier alpha value is -5.53. The molecular formula is C39H27N5OS. The van der Waals surface area contributed by atoms with Crippen LogP contribution < -0.4 is 20.9 Å². The van der Waals surface area contributed by atoms with Crippen LogP contribution >= 0.6 is 11.8 Å². The lowest BCUT2D eigenvalue weighted by atomic mass is 9.96. The number of aromatic nitrogens is 4. The molecule has 3 aromatic heterocycles. The summed E-state index contributed by atoms with van der Waals surface area (Å²) in [5.41, 5.74) is 7.74. The van der Waals surface area contributed by atoms with Crippen molar-refractivity contribution in [3.8, 4) is 5.69 Å². The van der Waals surface area contributed by atoms with Crippen molar-refractivity contribution in [1.82, 2.24) is 19.5 Å². The smallest absolute Gasteiger partial charge is 0.282 e. The van der Waals surface area contributed by atoms with Gasteiger partial charge >= 0.3 is 0 Å². The van der Waals surface area contributed by atoms with Crippen LogP contribution in [0.2, 0.25) is 0 Å². The number of rotatable bonds is 2. The average Bonchev–Trinajstić information content (AvgIpc) is 3.66. The highest BCUT2D eigenvalue weighted by molar-refractivity contribution is 8.00. The van der Waals surface area contributed by atoms with Gasteiger partial charge in [0.05, 0.1) is 23.9 Å². The lowest BCUT2D eigenvalue weighted by Crippen LogP contribution is -2.32. The second-order valence-electron chi connectivity index (χ2n) is 11.6. The van der Waals surface area contributed by atoms with E-state index in [0.717, 1.165) is 27.8 Å². The molecule has 1 atom stereocenters. The van der Waals surface area contributed by atoms with E-state index in [4.69, 9.17) is 9.97 Å². The van der Waals surface area contributed by atoms with Gasteiger partial charge in [-0.2, -0.15) is 0 Å². The molecule has 0 fully saturated rings. The van der Waals surface area contributed by atoms with Gasteiger partial charge in [-0.15, -0.1) is 11.8 Å². The van der Waals surface area contributed by atoms with Gasteiger partial charge in [0, 0.05) is 44.6 Å². The summed E-state index contributed by atoms with van der Waals surface area (Å²) >= 11 is 1.92. The Morgan fingerprint density at radius 2 is 1.50 bits per heavy atom.